The monoisotopic (exact) mass is 401 g/mol. The Bertz CT molecular complexity index is 1130. The standard InChI is InChI=1S/C25H27N3O2/c1-4-8-19-9-7-10-20(13-19)15-28-22-12-6-5-11-21(22)24-18(2)14-27(16-23(24)28)25(30)26(3)17-29/h4-13,17-18H,14-16H2,1-3H3/b8-4+. The normalized spacial score (nSPS) is 16.1. The molecule has 0 radical (unpaired) electrons. The predicted octanol–water partition coefficient (Wildman–Crippen LogP) is 4.85. The number of hydrogen-bond acceptors (Lipinski definition) is 2. The van der Waals surface area contributed by atoms with Gasteiger partial charge in [0.2, 0.25) is 6.41 Å². The van der Waals surface area contributed by atoms with E-state index in [2.05, 4.69) is 66.1 Å². The van der Waals surface area contributed by atoms with Crippen molar-refractivity contribution >= 4 is 29.4 Å². The molecule has 2 heterocycles. The van der Waals surface area contributed by atoms with E-state index in [-0.39, 0.29) is 11.9 Å². The highest BCUT2D eigenvalue weighted by Crippen LogP contribution is 2.37. The average Bonchev–Trinajstić information content (AvgIpc) is 3.07. The highest BCUT2D eigenvalue weighted by Gasteiger charge is 2.32. The van der Waals surface area contributed by atoms with Crippen molar-refractivity contribution in [2.75, 3.05) is 13.6 Å². The first-order valence-electron chi connectivity index (χ1n) is 10.3. The lowest BCUT2D eigenvalue weighted by Gasteiger charge is -2.33. The number of hydrogen-bond donors (Lipinski definition) is 0. The average molecular weight is 402 g/mol. The number of para-hydroxylation sites is 1. The second-order valence-electron chi connectivity index (χ2n) is 7.99. The molecule has 4 rings (SSSR count). The Morgan fingerprint density at radius 3 is 2.77 bits per heavy atom. The van der Waals surface area contributed by atoms with Crippen LogP contribution in [0.25, 0.3) is 17.0 Å². The molecule has 0 fully saturated rings. The maximum Gasteiger partial charge on any atom is 0.326 e. The fourth-order valence-electron chi connectivity index (χ4n) is 4.54. The number of urea groups is 1. The van der Waals surface area contributed by atoms with Crippen LogP contribution in [0.2, 0.25) is 0 Å². The fourth-order valence-corrected chi connectivity index (χ4v) is 4.54. The Kier molecular flexibility index (Phi) is 5.44. The summed E-state index contributed by atoms with van der Waals surface area (Å²) in [6.07, 6.45) is 4.72. The maximum absolute atomic E-state index is 12.7. The third-order valence-corrected chi connectivity index (χ3v) is 5.83. The molecule has 0 bridgehead atoms. The molecule has 1 aliphatic heterocycles. The minimum atomic E-state index is -0.255. The second kappa shape index (κ2) is 8.19. The van der Waals surface area contributed by atoms with Crippen molar-refractivity contribution in [2.45, 2.75) is 32.9 Å². The lowest BCUT2D eigenvalue weighted by molar-refractivity contribution is -0.115. The number of aromatic nitrogens is 1. The molecule has 0 N–H and O–H groups in total. The van der Waals surface area contributed by atoms with E-state index in [4.69, 9.17) is 0 Å². The molecule has 0 aliphatic carbocycles. The topological polar surface area (TPSA) is 45.6 Å². The van der Waals surface area contributed by atoms with Gasteiger partial charge in [-0.25, -0.2) is 4.79 Å². The largest absolute Gasteiger partial charge is 0.338 e. The zero-order valence-corrected chi connectivity index (χ0v) is 17.7. The molecule has 3 aromatic rings. The van der Waals surface area contributed by atoms with Gasteiger partial charge >= 0.3 is 6.03 Å². The van der Waals surface area contributed by atoms with Gasteiger partial charge in [-0.15, -0.1) is 0 Å². The molecule has 1 atom stereocenters. The van der Waals surface area contributed by atoms with Gasteiger partial charge in [-0.3, -0.25) is 9.69 Å². The third-order valence-electron chi connectivity index (χ3n) is 5.83. The first kappa shape index (κ1) is 20.0. The molecular formula is C25H27N3O2. The molecule has 1 aromatic heterocycles. The van der Waals surface area contributed by atoms with E-state index in [0.29, 0.717) is 19.5 Å². The fraction of sp³-hybridized carbons (Fsp3) is 0.280. The lowest BCUT2D eigenvalue weighted by Crippen LogP contribution is -2.44. The molecule has 0 saturated carbocycles. The first-order valence-corrected chi connectivity index (χ1v) is 10.3. The number of carbonyl (C=O) groups excluding carboxylic acids is 2. The summed E-state index contributed by atoms with van der Waals surface area (Å²) >= 11 is 0. The molecule has 0 saturated heterocycles. The van der Waals surface area contributed by atoms with Crippen LogP contribution >= 0.6 is 0 Å². The first-order chi connectivity index (χ1) is 14.5. The highest BCUT2D eigenvalue weighted by atomic mass is 16.2. The van der Waals surface area contributed by atoms with Gasteiger partial charge in [0.05, 0.1) is 6.54 Å². The third kappa shape index (κ3) is 3.52. The van der Waals surface area contributed by atoms with Crippen LogP contribution in [0.4, 0.5) is 4.79 Å². The van der Waals surface area contributed by atoms with Gasteiger partial charge in [0.25, 0.3) is 0 Å². The summed E-state index contributed by atoms with van der Waals surface area (Å²) in [5, 5.41) is 1.25. The van der Waals surface area contributed by atoms with Crippen LogP contribution in [0, 0.1) is 0 Å². The Labute approximate surface area is 177 Å². The van der Waals surface area contributed by atoms with Crippen molar-refractivity contribution in [3.8, 4) is 0 Å². The Hall–Kier alpha value is -3.34. The summed E-state index contributed by atoms with van der Waals surface area (Å²) in [5.74, 6) is 0.193. The quantitative estimate of drug-likeness (QED) is 0.587. The van der Waals surface area contributed by atoms with Crippen LogP contribution in [0.5, 0.6) is 0 Å². The minimum absolute atomic E-state index is 0.193. The van der Waals surface area contributed by atoms with Crippen molar-refractivity contribution in [2.24, 2.45) is 0 Å². The molecule has 5 heteroatoms. The molecule has 154 valence electrons. The van der Waals surface area contributed by atoms with E-state index in [0.717, 1.165) is 17.1 Å². The second-order valence-corrected chi connectivity index (χ2v) is 7.99. The number of amides is 3. The van der Waals surface area contributed by atoms with Crippen LogP contribution in [0.15, 0.2) is 54.6 Å². The van der Waals surface area contributed by atoms with E-state index in [1.54, 1.807) is 4.90 Å². The van der Waals surface area contributed by atoms with Crippen LogP contribution in [-0.4, -0.2) is 40.4 Å². The molecule has 3 amide bonds. The van der Waals surface area contributed by atoms with E-state index in [1.807, 2.05) is 13.0 Å². The summed E-state index contributed by atoms with van der Waals surface area (Å²) in [6.45, 7) is 6.02. The van der Waals surface area contributed by atoms with Crippen LogP contribution < -0.4 is 0 Å². The van der Waals surface area contributed by atoms with E-state index in [9.17, 15) is 9.59 Å². The predicted molar refractivity (Wildman–Crippen MR) is 120 cm³/mol. The van der Waals surface area contributed by atoms with Gasteiger partial charge < -0.3 is 9.47 Å². The van der Waals surface area contributed by atoms with Crippen molar-refractivity contribution in [1.82, 2.24) is 14.4 Å². The minimum Gasteiger partial charge on any atom is -0.338 e. The summed E-state index contributed by atoms with van der Waals surface area (Å²) in [6, 6.07) is 16.7. The van der Waals surface area contributed by atoms with Crippen LogP contribution in [0.3, 0.4) is 0 Å². The number of imide groups is 1. The summed E-state index contributed by atoms with van der Waals surface area (Å²) in [7, 11) is 1.51. The Morgan fingerprint density at radius 1 is 1.20 bits per heavy atom. The van der Waals surface area contributed by atoms with Crippen molar-refractivity contribution in [1.29, 1.82) is 0 Å². The summed E-state index contributed by atoms with van der Waals surface area (Å²) < 4.78 is 2.33. The Balaban J connectivity index is 1.80. The van der Waals surface area contributed by atoms with Crippen molar-refractivity contribution in [3.05, 3.63) is 77.0 Å². The number of fused-ring (bicyclic) bond motifs is 3. The van der Waals surface area contributed by atoms with Gasteiger partial charge in [-0.05, 0) is 35.7 Å². The zero-order valence-electron chi connectivity index (χ0n) is 17.7. The summed E-state index contributed by atoms with van der Waals surface area (Å²) in [5.41, 5.74) is 6.05. The molecular weight excluding hydrogens is 374 g/mol. The Morgan fingerprint density at radius 2 is 2.00 bits per heavy atom. The SMILES string of the molecule is C/C=C/c1cccc(Cn2c3c(c4ccccc42)C(C)CN(C(=O)N(C)C=O)C3)c1. The van der Waals surface area contributed by atoms with Crippen LogP contribution in [0.1, 0.15) is 42.1 Å². The summed E-state index contributed by atoms with van der Waals surface area (Å²) in [4.78, 5) is 26.7. The number of benzene rings is 2. The van der Waals surface area contributed by atoms with Gasteiger partial charge in [0.1, 0.15) is 0 Å². The lowest BCUT2D eigenvalue weighted by atomic mass is 9.93. The molecule has 1 unspecified atom stereocenters. The number of rotatable bonds is 4. The molecule has 1 aliphatic rings. The van der Waals surface area contributed by atoms with Gasteiger partial charge in [-0.1, -0.05) is 55.5 Å². The molecule has 0 spiro atoms. The van der Waals surface area contributed by atoms with Crippen LogP contribution in [-0.2, 0) is 17.9 Å². The molecule has 2 aromatic carbocycles. The van der Waals surface area contributed by atoms with Gasteiger partial charge in [0.15, 0.2) is 0 Å². The molecule has 5 nitrogen and oxygen atoms in total. The molecule has 30 heavy (non-hydrogen) atoms. The highest BCUT2D eigenvalue weighted by molar-refractivity contribution is 5.88. The number of nitrogens with zero attached hydrogens (tertiary/aromatic N) is 3. The van der Waals surface area contributed by atoms with Crippen molar-refractivity contribution < 1.29 is 9.59 Å². The number of carbonyl (C=O) groups is 2. The van der Waals surface area contributed by atoms with Crippen molar-refractivity contribution in [3.63, 3.8) is 0 Å². The smallest absolute Gasteiger partial charge is 0.326 e. The van der Waals surface area contributed by atoms with E-state index in [1.165, 1.54) is 34.6 Å². The van der Waals surface area contributed by atoms with Gasteiger partial charge in [-0.2, -0.15) is 0 Å². The van der Waals surface area contributed by atoms with E-state index < -0.39 is 0 Å². The zero-order chi connectivity index (χ0) is 21.3. The van der Waals surface area contributed by atoms with E-state index >= 15 is 0 Å². The maximum atomic E-state index is 12.7. The number of allylic oxidation sites excluding steroid dienone is 1. The van der Waals surface area contributed by atoms with Gasteiger partial charge in [0, 0.05) is 42.7 Å².